The van der Waals surface area contributed by atoms with Crippen molar-refractivity contribution in [1.82, 2.24) is 19.9 Å². The van der Waals surface area contributed by atoms with Crippen molar-refractivity contribution in [2.45, 2.75) is 37.6 Å². The molecule has 2 aromatic heterocycles. The molecular formula is C19H20ClN5O. The van der Waals surface area contributed by atoms with Gasteiger partial charge in [-0.05, 0) is 48.9 Å². The van der Waals surface area contributed by atoms with Gasteiger partial charge in [-0.3, -0.25) is 0 Å². The maximum absolute atomic E-state index is 12.4. The van der Waals surface area contributed by atoms with Crippen LogP contribution >= 0.6 is 11.6 Å². The second-order valence-corrected chi connectivity index (χ2v) is 7.10. The molecule has 0 spiro atoms. The zero-order chi connectivity index (χ0) is 17.9. The van der Waals surface area contributed by atoms with Gasteiger partial charge in [0.2, 0.25) is 0 Å². The van der Waals surface area contributed by atoms with E-state index in [-0.39, 0.29) is 12.1 Å². The molecule has 0 radical (unpaired) electrons. The fourth-order valence-corrected chi connectivity index (χ4v) is 3.84. The second-order valence-electron chi connectivity index (χ2n) is 6.66. The molecule has 2 heterocycles. The van der Waals surface area contributed by atoms with E-state index in [4.69, 9.17) is 11.6 Å². The fraction of sp³-hybridized carbons (Fsp3) is 0.316. The topological polar surface area (TPSA) is 71.3 Å². The minimum absolute atomic E-state index is 0.141. The molecule has 1 aliphatic carbocycles. The molecule has 26 heavy (non-hydrogen) atoms. The second kappa shape index (κ2) is 7.33. The summed E-state index contributed by atoms with van der Waals surface area (Å²) >= 11 is 6.12. The molecule has 3 aromatic rings. The molecule has 0 aliphatic heterocycles. The lowest BCUT2D eigenvalue weighted by atomic mass is 9.81. The number of aromatic nitrogens is 3. The van der Waals surface area contributed by atoms with E-state index >= 15 is 0 Å². The molecule has 1 aromatic carbocycles. The summed E-state index contributed by atoms with van der Waals surface area (Å²) in [6, 6.07) is 9.73. The van der Waals surface area contributed by atoms with Crippen molar-refractivity contribution >= 4 is 29.0 Å². The molecule has 1 fully saturated rings. The summed E-state index contributed by atoms with van der Waals surface area (Å²) in [5.74, 6) is 0.423. The van der Waals surface area contributed by atoms with Crippen LogP contribution in [0.4, 0.5) is 10.5 Å². The van der Waals surface area contributed by atoms with Crippen LogP contribution < -0.4 is 10.6 Å². The van der Waals surface area contributed by atoms with Crippen LogP contribution in [0, 0.1) is 0 Å². The van der Waals surface area contributed by atoms with Gasteiger partial charge in [-0.1, -0.05) is 30.2 Å². The smallest absolute Gasteiger partial charge is 0.319 e. The maximum Gasteiger partial charge on any atom is 0.319 e. The largest absolute Gasteiger partial charge is 0.335 e. The Bertz CT molecular complexity index is 925. The molecule has 6 nitrogen and oxygen atoms in total. The first-order chi connectivity index (χ1) is 12.7. The average Bonchev–Trinajstić information content (AvgIpc) is 3.05. The highest BCUT2D eigenvalue weighted by molar-refractivity contribution is 6.30. The number of fused-ring (bicyclic) bond motifs is 1. The van der Waals surface area contributed by atoms with Crippen molar-refractivity contribution < 1.29 is 4.79 Å². The number of halogens is 1. The quantitative estimate of drug-likeness (QED) is 0.725. The molecule has 2 unspecified atom stereocenters. The van der Waals surface area contributed by atoms with E-state index in [2.05, 4.69) is 26.8 Å². The van der Waals surface area contributed by atoms with Crippen LogP contribution in [0.15, 0.2) is 48.9 Å². The standard InChI is InChI=1S/C19H20ClN5O/c20-15-6-1-4-13(10-15)14-5-2-7-16(11-14)23-19(26)24-17-12-22-25-9-3-8-21-18(17)25/h1,3-4,6,8-10,12,14,16H,2,5,7,11H2,(H2,23,24,26). The van der Waals surface area contributed by atoms with Crippen molar-refractivity contribution in [1.29, 1.82) is 0 Å². The van der Waals surface area contributed by atoms with Crippen LogP contribution in [0.5, 0.6) is 0 Å². The molecule has 2 amide bonds. The van der Waals surface area contributed by atoms with E-state index in [0.29, 0.717) is 17.3 Å². The predicted octanol–water partition coefficient (Wildman–Crippen LogP) is 4.23. The number of hydrogen-bond acceptors (Lipinski definition) is 3. The third kappa shape index (κ3) is 3.65. The molecular weight excluding hydrogens is 350 g/mol. The number of carbonyl (C=O) groups is 1. The molecule has 2 atom stereocenters. The number of amides is 2. The van der Waals surface area contributed by atoms with Gasteiger partial charge in [0.05, 0.1) is 6.20 Å². The third-order valence-electron chi connectivity index (χ3n) is 4.86. The van der Waals surface area contributed by atoms with Gasteiger partial charge in [0, 0.05) is 23.5 Å². The van der Waals surface area contributed by atoms with E-state index in [1.807, 2.05) is 18.2 Å². The fourth-order valence-electron chi connectivity index (χ4n) is 3.64. The normalized spacial score (nSPS) is 20.0. The molecule has 2 N–H and O–H groups in total. The van der Waals surface area contributed by atoms with Gasteiger partial charge in [-0.2, -0.15) is 5.10 Å². The monoisotopic (exact) mass is 369 g/mol. The minimum atomic E-state index is -0.220. The van der Waals surface area contributed by atoms with Crippen LogP contribution in [0.2, 0.25) is 5.02 Å². The van der Waals surface area contributed by atoms with Crippen molar-refractivity contribution in [3.8, 4) is 0 Å². The summed E-state index contributed by atoms with van der Waals surface area (Å²) in [6.07, 6.45) is 9.19. The van der Waals surface area contributed by atoms with Crippen LogP contribution in [0.25, 0.3) is 5.65 Å². The first-order valence-electron chi connectivity index (χ1n) is 8.80. The van der Waals surface area contributed by atoms with Gasteiger partial charge in [-0.15, -0.1) is 0 Å². The van der Waals surface area contributed by atoms with Gasteiger partial charge < -0.3 is 10.6 Å². The Morgan fingerprint density at radius 3 is 3.08 bits per heavy atom. The summed E-state index contributed by atoms with van der Waals surface area (Å²) in [4.78, 5) is 16.7. The first kappa shape index (κ1) is 16.8. The number of nitrogens with zero attached hydrogens (tertiary/aromatic N) is 3. The first-order valence-corrected chi connectivity index (χ1v) is 9.18. The zero-order valence-corrected chi connectivity index (χ0v) is 15.0. The zero-order valence-electron chi connectivity index (χ0n) is 14.2. The number of urea groups is 1. The summed E-state index contributed by atoms with van der Waals surface area (Å²) < 4.78 is 1.63. The van der Waals surface area contributed by atoms with Gasteiger partial charge in [0.15, 0.2) is 5.65 Å². The highest BCUT2D eigenvalue weighted by Gasteiger charge is 2.24. The molecule has 134 valence electrons. The summed E-state index contributed by atoms with van der Waals surface area (Å²) in [5, 5.41) is 10.9. The number of carbonyl (C=O) groups excluding carboxylic acids is 1. The Morgan fingerprint density at radius 2 is 2.19 bits per heavy atom. The SMILES string of the molecule is O=C(Nc1cnn2cccnc12)NC1CCCC(c2cccc(Cl)c2)C1. The summed E-state index contributed by atoms with van der Waals surface area (Å²) in [7, 11) is 0. The van der Waals surface area contributed by atoms with Gasteiger partial charge in [0.1, 0.15) is 5.69 Å². The van der Waals surface area contributed by atoms with E-state index in [9.17, 15) is 4.79 Å². The minimum Gasteiger partial charge on any atom is -0.335 e. The van der Waals surface area contributed by atoms with Crippen LogP contribution in [-0.4, -0.2) is 26.7 Å². The number of nitrogens with one attached hydrogen (secondary N) is 2. The highest BCUT2D eigenvalue weighted by atomic mass is 35.5. The van der Waals surface area contributed by atoms with E-state index in [1.54, 1.807) is 29.2 Å². The van der Waals surface area contributed by atoms with Crippen LogP contribution in [0.3, 0.4) is 0 Å². The number of hydrogen-bond donors (Lipinski definition) is 2. The lowest BCUT2D eigenvalue weighted by Gasteiger charge is -2.30. The van der Waals surface area contributed by atoms with Gasteiger partial charge in [-0.25, -0.2) is 14.3 Å². The van der Waals surface area contributed by atoms with E-state index in [0.717, 1.165) is 30.7 Å². The Morgan fingerprint density at radius 1 is 1.27 bits per heavy atom. The van der Waals surface area contributed by atoms with Crippen molar-refractivity contribution in [2.24, 2.45) is 0 Å². The predicted molar refractivity (Wildman–Crippen MR) is 102 cm³/mol. The van der Waals surface area contributed by atoms with Gasteiger partial charge in [0.25, 0.3) is 0 Å². The summed E-state index contributed by atoms with van der Waals surface area (Å²) in [5.41, 5.74) is 2.48. The van der Waals surface area contributed by atoms with E-state index in [1.165, 1.54) is 5.56 Å². The lowest BCUT2D eigenvalue weighted by molar-refractivity contribution is 0.242. The highest BCUT2D eigenvalue weighted by Crippen LogP contribution is 2.33. The van der Waals surface area contributed by atoms with Gasteiger partial charge >= 0.3 is 6.03 Å². The Hall–Kier alpha value is -2.60. The Balaban J connectivity index is 1.39. The average molecular weight is 370 g/mol. The number of benzene rings is 1. The third-order valence-corrected chi connectivity index (χ3v) is 5.09. The molecule has 4 rings (SSSR count). The number of rotatable bonds is 3. The molecule has 1 saturated carbocycles. The summed E-state index contributed by atoms with van der Waals surface area (Å²) in [6.45, 7) is 0. The molecule has 0 saturated heterocycles. The number of anilines is 1. The van der Waals surface area contributed by atoms with Crippen LogP contribution in [0.1, 0.15) is 37.2 Å². The molecule has 0 bridgehead atoms. The van der Waals surface area contributed by atoms with Crippen molar-refractivity contribution in [3.63, 3.8) is 0 Å². The maximum atomic E-state index is 12.4. The molecule has 7 heteroatoms. The van der Waals surface area contributed by atoms with Crippen molar-refractivity contribution in [2.75, 3.05) is 5.32 Å². The Kier molecular flexibility index (Phi) is 4.75. The van der Waals surface area contributed by atoms with Crippen molar-refractivity contribution in [3.05, 3.63) is 59.5 Å². The molecule has 1 aliphatic rings. The Labute approximate surface area is 156 Å². The lowest BCUT2D eigenvalue weighted by Crippen LogP contribution is -2.40. The van der Waals surface area contributed by atoms with E-state index < -0.39 is 0 Å². The van der Waals surface area contributed by atoms with Crippen LogP contribution in [-0.2, 0) is 0 Å².